The molecule has 14 heavy (non-hydrogen) atoms. The van der Waals surface area contributed by atoms with Crippen LogP contribution in [0.1, 0.15) is 40.5 Å². The molecular formula is C12H26N2. The van der Waals surface area contributed by atoms with Crippen molar-refractivity contribution in [1.29, 1.82) is 0 Å². The minimum absolute atomic E-state index is 0.239. The van der Waals surface area contributed by atoms with Gasteiger partial charge >= 0.3 is 0 Å². The van der Waals surface area contributed by atoms with E-state index in [9.17, 15) is 0 Å². The van der Waals surface area contributed by atoms with Gasteiger partial charge in [0.15, 0.2) is 0 Å². The Labute approximate surface area is 88.8 Å². The molecule has 0 aromatic carbocycles. The van der Waals surface area contributed by atoms with Gasteiger partial charge in [0.25, 0.3) is 0 Å². The van der Waals surface area contributed by atoms with Crippen molar-refractivity contribution in [2.24, 2.45) is 17.1 Å². The Balaban J connectivity index is 2.31. The molecule has 1 aliphatic rings. The van der Waals surface area contributed by atoms with Gasteiger partial charge in [-0.15, -0.1) is 0 Å². The van der Waals surface area contributed by atoms with Gasteiger partial charge in [-0.1, -0.05) is 27.7 Å². The van der Waals surface area contributed by atoms with Crippen LogP contribution in [0, 0.1) is 11.3 Å². The van der Waals surface area contributed by atoms with Gasteiger partial charge in [-0.05, 0) is 37.3 Å². The van der Waals surface area contributed by atoms with Crippen LogP contribution in [0.25, 0.3) is 0 Å². The largest absolute Gasteiger partial charge is 0.326 e. The second-order valence-corrected chi connectivity index (χ2v) is 5.96. The number of nitrogens with zero attached hydrogens (tertiary/aromatic N) is 1. The summed E-state index contributed by atoms with van der Waals surface area (Å²) in [4.78, 5) is 2.52. The standard InChI is InChI=1S/C12H26N2/c1-10-5-7-14(8-6-10)9-11(13)12(2,3)4/h10-11H,5-9,13H2,1-4H3. The molecule has 1 heterocycles. The Hall–Kier alpha value is -0.0800. The average molecular weight is 198 g/mol. The SMILES string of the molecule is CC1CCN(CC(N)C(C)(C)C)CC1. The van der Waals surface area contributed by atoms with Crippen LogP contribution < -0.4 is 5.73 Å². The minimum atomic E-state index is 0.239. The zero-order chi connectivity index (χ0) is 10.8. The third-order valence-electron chi connectivity index (χ3n) is 3.44. The van der Waals surface area contributed by atoms with Crippen molar-refractivity contribution in [3.63, 3.8) is 0 Å². The lowest BCUT2D eigenvalue weighted by atomic mass is 9.86. The molecule has 1 fully saturated rings. The van der Waals surface area contributed by atoms with Gasteiger partial charge in [-0.25, -0.2) is 0 Å². The molecular weight excluding hydrogens is 172 g/mol. The van der Waals surface area contributed by atoms with Crippen molar-refractivity contribution in [2.75, 3.05) is 19.6 Å². The molecule has 0 spiro atoms. The summed E-state index contributed by atoms with van der Waals surface area (Å²) < 4.78 is 0. The Kier molecular flexibility index (Phi) is 3.96. The molecule has 0 saturated carbocycles. The highest BCUT2D eigenvalue weighted by Gasteiger charge is 2.24. The van der Waals surface area contributed by atoms with Crippen molar-refractivity contribution in [3.8, 4) is 0 Å². The fourth-order valence-electron chi connectivity index (χ4n) is 1.80. The van der Waals surface area contributed by atoms with Crippen molar-refractivity contribution < 1.29 is 0 Å². The van der Waals surface area contributed by atoms with Crippen LogP contribution in [-0.4, -0.2) is 30.6 Å². The molecule has 1 unspecified atom stereocenters. The molecule has 2 N–H and O–H groups in total. The van der Waals surface area contributed by atoms with E-state index in [4.69, 9.17) is 5.73 Å². The van der Waals surface area contributed by atoms with E-state index in [1.165, 1.54) is 25.9 Å². The third kappa shape index (κ3) is 3.58. The van der Waals surface area contributed by atoms with E-state index >= 15 is 0 Å². The summed E-state index contributed by atoms with van der Waals surface area (Å²) in [6.45, 7) is 12.6. The first kappa shape index (κ1) is 12.0. The summed E-state index contributed by atoms with van der Waals surface area (Å²) in [5, 5.41) is 0. The van der Waals surface area contributed by atoms with E-state index in [-0.39, 0.29) is 5.41 Å². The lowest BCUT2D eigenvalue weighted by Crippen LogP contribution is -2.47. The molecule has 0 aromatic heterocycles. The summed E-state index contributed by atoms with van der Waals surface area (Å²) in [6, 6.07) is 0.302. The summed E-state index contributed by atoms with van der Waals surface area (Å²) in [5.41, 5.74) is 6.41. The molecule has 1 rings (SSSR count). The highest BCUT2D eigenvalue weighted by molar-refractivity contribution is 4.81. The summed E-state index contributed by atoms with van der Waals surface area (Å²) in [6.07, 6.45) is 2.69. The predicted molar refractivity (Wildman–Crippen MR) is 62.3 cm³/mol. The van der Waals surface area contributed by atoms with Crippen molar-refractivity contribution in [2.45, 2.75) is 46.6 Å². The smallest absolute Gasteiger partial charge is 0.0217 e. The first-order valence-electron chi connectivity index (χ1n) is 5.87. The number of rotatable bonds is 2. The highest BCUT2D eigenvalue weighted by atomic mass is 15.1. The molecule has 84 valence electrons. The van der Waals surface area contributed by atoms with Crippen LogP contribution in [-0.2, 0) is 0 Å². The van der Waals surface area contributed by atoms with Gasteiger partial charge in [0.1, 0.15) is 0 Å². The molecule has 1 atom stereocenters. The van der Waals surface area contributed by atoms with Crippen LogP contribution in [0.2, 0.25) is 0 Å². The van der Waals surface area contributed by atoms with Gasteiger partial charge < -0.3 is 10.6 Å². The summed E-state index contributed by atoms with van der Waals surface area (Å²) in [7, 11) is 0. The second-order valence-electron chi connectivity index (χ2n) is 5.96. The maximum Gasteiger partial charge on any atom is 0.0217 e. The first-order valence-corrected chi connectivity index (χ1v) is 5.87. The van der Waals surface area contributed by atoms with Gasteiger partial charge in [0, 0.05) is 12.6 Å². The second kappa shape index (κ2) is 4.63. The van der Waals surface area contributed by atoms with Crippen LogP contribution in [0.5, 0.6) is 0 Å². The van der Waals surface area contributed by atoms with Crippen LogP contribution in [0.15, 0.2) is 0 Å². The molecule has 1 saturated heterocycles. The van der Waals surface area contributed by atoms with Gasteiger partial charge in [-0.3, -0.25) is 0 Å². The molecule has 2 heteroatoms. The van der Waals surface area contributed by atoms with E-state index in [1.807, 2.05) is 0 Å². The van der Waals surface area contributed by atoms with Crippen molar-refractivity contribution in [3.05, 3.63) is 0 Å². The summed E-state index contributed by atoms with van der Waals surface area (Å²) in [5.74, 6) is 0.914. The Morgan fingerprint density at radius 2 is 1.79 bits per heavy atom. The van der Waals surface area contributed by atoms with Crippen molar-refractivity contribution >= 4 is 0 Å². The molecule has 0 aromatic rings. The minimum Gasteiger partial charge on any atom is -0.326 e. The Morgan fingerprint density at radius 1 is 1.29 bits per heavy atom. The molecule has 1 aliphatic heterocycles. The quantitative estimate of drug-likeness (QED) is 0.736. The van der Waals surface area contributed by atoms with E-state index in [0.717, 1.165) is 12.5 Å². The maximum atomic E-state index is 6.17. The number of piperidine rings is 1. The molecule has 0 amide bonds. The molecule has 0 bridgehead atoms. The van der Waals surface area contributed by atoms with Gasteiger partial charge in [-0.2, -0.15) is 0 Å². The molecule has 0 radical (unpaired) electrons. The van der Waals surface area contributed by atoms with Crippen LogP contribution in [0.3, 0.4) is 0 Å². The zero-order valence-electron chi connectivity index (χ0n) is 10.2. The van der Waals surface area contributed by atoms with E-state index < -0.39 is 0 Å². The Bertz CT molecular complexity index is 164. The van der Waals surface area contributed by atoms with Crippen molar-refractivity contribution in [1.82, 2.24) is 4.90 Å². The topological polar surface area (TPSA) is 29.3 Å². The Morgan fingerprint density at radius 3 is 2.21 bits per heavy atom. The number of hydrogen-bond donors (Lipinski definition) is 1. The van der Waals surface area contributed by atoms with Crippen LogP contribution >= 0.6 is 0 Å². The maximum absolute atomic E-state index is 6.17. The third-order valence-corrected chi connectivity index (χ3v) is 3.44. The van der Waals surface area contributed by atoms with E-state index in [0.29, 0.717) is 6.04 Å². The number of likely N-dealkylation sites (tertiary alicyclic amines) is 1. The van der Waals surface area contributed by atoms with Gasteiger partial charge in [0.2, 0.25) is 0 Å². The fourth-order valence-corrected chi connectivity index (χ4v) is 1.80. The molecule has 0 aliphatic carbocycles. The normalized spacial score (nSPS) is 23.8. The monoisotopic (exact) mass is 198 g/mol. The van der Waals surface area contributed by atoms with Crippen LogP contribution in [0.4, 0.5) is 0 Å². The molecule has 2 nitrogen and oxygen atoms in total. The fraction of sp³-hybridized carbons (Fsp3) is 1.00. The highest BCUT2D eigenvalue weighted by Crippen LogP contribution is 2.21. The van der Waals surface area contributed by atoms with E-state index in [2.05, 4.69) is 32.6 Å². The van der Waals surface area contributed by atoms with Gasteiger partial charge in [0.05, 0.1) is 0 Å². The lowest BCUT2D eigenvalue weighted by Gasteiger charge is -2.36. The zero-order valence-corrected chi connectivity index (χ0v) is 10.2. The first-order chi connectivity index (χ1) is 6.39. The number of hydrogen-bond acceptors (Lipinski definition) is 2. The summed E-state index contributed by atoms with van der Waals surface area (Å²) >= 11 is 0. The average Bonchev–Trinajstić information content (AvgIpc) is 2.07. The number of nitrogens with two attached hydrogens (primary N) is 1. The lowest BCUT2D eigenvalue weighted by molar-refractivity contribution is 0.152. The predicted octanol–water partition coefficient (Wildman–Crippen LogP) is 2.09. The van der Waals surface area contributed by atoms with E-state index in [1.54, 1.807) is 0 Å².